The summed E-state index contributed by atoms with van der Waals surface area (Å²) in [7, 11) is 0. The largest absolute Gasteiger partial charge is 0.461 e. The Morgan fingerprint density at radius 1 is 1.30 bits per heavy atom. The molecule has 114 valence electrons. The maximum absolute atomic E-state index is 9.22. The maximum Gasteiger partial charge on any atom is 0.196 e. The number of thioether (sulfide) groups is 1. The molecule has 3 aromatic rings. The minimum absolute atomic E-state index is 0.475. The summed E-state index contributed by atoms with van der Waals surface area (Å²) < 4.78 is 5.43. The zero-order chi connectivity index (χ0) is 16.1. The van der Waals surface area contributed by atoms with E-state index in [1.165, 1.54) is 11.8 Å². The van der Waals surface area contributed by atoms with Crippen molar-refractivity contribution in [2.75, 3.05) is 5.75 Å². The van der Waals surface area contributed by atoms with Crippen LogP contribution in [0.3, 0.4) is 0 Å². The predicted molar refractivity (Wildman–Crippen MR) is 87.9 cm³/mol. The SMILES string of the molecule is Cc1coc(-c2ncc(C#N)c(SCCc3ccccn3)n2)c1. The standard InChI is InChI=1S/C17H14N4OS/c1-12-8-15(22-11-12)16-20-10-13(9-18)17(21-16)23-7-5-14-4-2-3-6-19-14/h2-4,6,8,10-11H,5,7H2,1H3. The van der Waals surface area contributed by atoms with Gasteiger partial charge in [0, 0.05) is 17.6 Å². The first-order valence-electron chi connectivity index (χ1n) is 7.11. The zero-order valence-corrected chi connectivity index (χ0v) is 13.4. The van der Waals surface area contributed by atoms with Crippen molar-refractivity contribution in [2.45, 2.75) is 18.4 Å². The number of aryl methyl sites for hydroxylation is 2. The molecule has 3 heterocycles. The number of rotatable bonds is 5. The topological polar surface area (TPSA) is 75.6 Å². The molecular weight excluding hydrogens is 308 g/mol. The van der Waals surface area contributed by atoms with E-state index in [1.54, 1.807) is 18.7 Å². The Kier molecular flexibility index (Phi) is 4.69. The lowest BCUT2D eigenvalue weighted by Crippen LogP contribution is -1.97. The van der Waals surface area contributed by atoms with E-state index in [0.29, 0.717) is 22.2 Å². The van der Waals surface area contributed by atoms with E-state index in [2.05, 4.69) is 21.0 Å². The first-order chi connectivity index (χ1) is 11.3. The van der Waals surface area contributed by atoms with Gasteiger partial charge in [0.05, 0.1) is 12.5 Å². The number of hydrogen-bond acceptors (Lipinski definition) is 6. The van der Waals surface area contributed by atoms with Crippen molar-refractivity contribution in [1.29, 1.82) is 5.26 Å². The lowest BCUT2D eigenvalue weighted by atomic mass is 10.3. The van der Waals surface area contributed by atoms with Gasteiger partial charge in [0.2, 0.25) is 0 Å². The van der Waals surface area contributed by atoms with Crippen molar-refractivity contribution in [3.8, 4) is 17.7 Å². The highest BCUT2D eigenvalue weighted by Gasteiger charge is 2.12. The van der Waals surface area contributed by atoms with Crippen LogP contribution < -0.4 is 0 Å². The number of nitrogens with zero attached hydrogens (tertiary/aromatic N) is 4. The number of nitriles is 1. The fourth-order valence-electron chi connectivity index (χ4n) is 2.02. The second-order valence-corrected chi connectivity index (χ2v) is 6.02. The molecule has 5 nitrogen and oxygen atoms in total. The molecule has 0 aliphatic carbocycles. The van der Waals surface area contributed by atoms with Crippen LogP contribution >= 0.6 is 11.8 Å². The molecule has 0 amide bonds. The van der Waals surface area contributed by atoms with Crippen molar-refractivity contribution < 1.29 is 4.42 Å². The minimum atomic E-state index is 0.475. The summed E-state index contributed by atoms with van der Waals surface area (Å²) in [4.78, 5) is 13.0. The summed E-state index contributed by atoms with van der Waals surface area (Å²) >= 11 is 1.53. The highest BCUT2D eigenvalue weighted by Crippen LogP contribution is 2.25. The molecule has 0 bridgehead atoms. The molecule has 0 saturated carbocycles. The second-order valence-electron chi connectivity index (χ2n) is 4.93. The Hall–Kier alpha value is -2.65. The van der Waals surface area contributed by atoms with Gasteiger partial charge in [0.25, 0.3) is 0 Å². The minimum Gasteiger partial charge on any atom is -0.461 e. The normalized spacial score (nSPS) is 10.4. The van der Waals surface area contributed by atoms with Crippen molar-refractivity contribution in [3.05, 3.63) is 59.7 Å². The first kappa shape index (κ1) is 15.3. The number of aromatic nitrogens is 3. The van der Waals surface area contributed by atoms with Gasteiger partial charge in [-0.05, 0) is 37.1 Å². The Morgan fingerprint density at radius 3 is 2.91 bits per heavy atom. The Labute approximate surface area is 138 Å². The zero-order valence-electron chi connectivity index (χ0n) is 12.6. The summed E-state index contributed by atoms with van der Waals surface area (Å²) in [6.45, 7) is 1.94. The van der Waals surface area contributed by atoms with Crippen molar-refractivity contribution in [1.82, 2.24) is 15.0 Å². The van der Waals surface area contributed by atoms with Gasteiger partial charge in [-0.15, -0.1) is 11.8 Å². The number of pyridine rings is 1. The molecule has 0 aliphatic rings. The van der Waals surface area contributed by atoms with Crippen LogP contribution in [0.15, 0.2) is 52.4 Å². The second kappa shape index (κ2) is 7.07. The predicted octanol–water partition coefficient (Wildman–Crippen LogP) is 3.65. The van der Waals surface area contributed by atoms with Crippen LogP contribution in [0.2, 0.25) is 0 Å². The molecule has 0 unspecified atom stereocenters. The lowest BCUT2D eigenvalue weighted by Gasteiger charge is -2.04. The van der Waals surface area contributed by atoms with Gasteiger partial charge in [-0.1, -0.05) is 6.07 Å². The molecule has 0 aliphatic heterocycles. The maximum atomic E-state index is 9.22. The van der Waals surface area contributed by atoms with Crippen LogP contribution in [0, 0.1) is 18.3 Å². The third-order valence-corrected chi connectivity index (χ3v) is 4.14. The molecule has 0 saturated heterocycles. The van der Waals surface area contributed by atoms with E-state index in [9.17, 15) is 5.26 Å². The molecule has 0 N–H and O–H groups in total. The highest BCUT2D eigenvalue weighted by molar-refractivity contribution is 7.99. The summed E-state index contributed by atoms with van der Waals surface area (Å²) in [5, 5.41) is 9.89. The first-order valence-corrected chi connectivity index (χ1v) is 8.10. The third-order valence-electron chi connectivity index (χ3n) is 3.15. The molecule has 0 atom stereocenters. The molecule has 0 fully saturated rings. The van der Waals surface area contributed by atoms with Crippen LogP contribution in [-0.2, 0) is 6.42 Å². The van der Waals surface area contributed by atoms with E-state index < -0.39 is 0 Å². The summed E-state index contributed by atoms with van der Waals surface area (Å²) in [5.41, 5.74) is 2.51. The van der Waals surface area contributed by atoms with Crippen molar-refractivity contribution in [3.63, 3.8) is 0 Å². The quantitative estimate of drug-likeness (QED) is 0.527. The molecule has 0 radical (unpaired) electrons. The van der Waals surface area contributed by atoms with Gasteiger partial charge >= 0.3 is 0 Å². The van der Waals surface area contributed by atoms with Crippen LogP contribution in [0.4, 0.5) is 0 Å². The third kappa shape index (κ3) is 3.76. The fraction of sp³-hybridized carbons (Fsp3) is 0.176. The van der Waals surface area contributed by atoms with Gasteiger partial charge in [-0.2, -0.15) is 5.26 Å². The highest BCUT2D eigenvalue weighted by atomic mass is 32.2. The van der Waals surface area contributed by atoms with E-state index >= 15 is 0 Å². The average molecular weight is 322 g/mol. The molecular formula is C17H14N4OS. The molecule has 23 heavy (non-hydrogen) atoms. The fourth-order valence-corrected chi connectivity index (χ4v) is 2.93. The molecule has 6 heteroatoms. The van der Waals surface area contributed by atoms with Gasteiger partial charge < -0.3 is 4.42 Å². The van der Waals surface area contributed by atoms with Gasteiger partial charge in [-0.3, -0.25) is 4.98 Å². The molecule has 3 aromatic heterocycles. The van der Waals surface area contributed by atoms with Crippen LogP contribution in [0.1, 0.15) is 16.8 Å². The average Bonchev–Trinajstić information content (AvgIpc) is 3.02. The van der Waals surface area contributed by atoms with Crippen molar-refractivity contribution >= 4 is 11.8 Å². The monoisotopic (exact) mass is 322 g/mol. The molecule has 0 spiro atoms. The van der Waals surface area contributed by atoms with E-state index in [0.717, 1.165) is 23.4 Å². The van der Waals surface area contributed by atoms with E-state index in [1.807, 2.05) is 31.2 Å². The lowest BCUT2D eigenvalue weighted by molar-refractivity contribution is 0.574. The summed E-state index contributed by atoms with van der Waals surface area (Å²) in [5.74, 6) is 1.90. The molecule has 3 rings (SSSR count). The van der Waals surface area contributed by atoms with Gasteiger partial charge in [0.1, 0.15) is 16.7 Å². The van der Waals surface area contributed by atoms with Gasteiger partial charge in [0.15, 0.2) is 11.6 Å². The van der Waals surface area contributed by atoms with Crippen molar-refractivity contribution in [2.24, 2.45) is 0 Å². The van der Waals surface area contributed by atoms with Crippen LogP contribution in [0.5, 0.6) is 0 Å². The summed E-state index contributed by atoms with van der Waals surface area (Å²) in [6.07, 6.45) is 5.80. The summed E-state index contributed by atoms with van der Waals surface area (Å²) in [6, 6.07) is 9.87. The number of furan rings is 1. The van der Waals surface area contributed by atoms with Crippen LogP contribution in [0.25, 0.3) is 11.6 Å². The Morgan fingerprint density at radius 2 is 2.22 bits per heavy atom. The Balaban J connectivity index is 1.76. The smallest absolute Gasteiger partial charge is 0.196 e. The molecule has 0 aromatic carbocycles. The van der Waals surface area contributed by atoms with E-state index in [4.69, 9.17) is 4.42 Å². The van der Waals surface area contributed by atoms with Crippen LogP contribution in [-0.4, -0.2) is 20.7 Å². The number of hydrogen-bond donors (Lipinski definition) is 0. The Bertz CT molecular complexity index is 839. The van der Waals surface area contributed by atoms with E-state index in [-0.39, 0.29) is 0 Å². The van der Waals surface area contributed by atoms with Gasteiger partial charge in [-0.25, -0.2) is 9.97 Å².